The lowest BCUT2D eigenvalue weighted by atomic mass is 9.69. The van der Waals surface area contributed by atoms with Gasteiger partial charge >= 0.3 is 0 Å². The van der Waals surface area contributed by atoms with Gasteiger partial charge in [-0.05, 0) is 32.3 Å². The van der Waals surface area contributed by atoms with E-state index in [2.05, 4.69) is 39.5 Å². The first-order chi connectivity index (χ1) is 6.50. The number of hydrogen-bond acceptors (Lipinski definition) is 1. The lowest BCUT2D eigenvalue weighted by molar-refractivity contribution is 0.0233. The summed E-state index contributed by atoms with van der Waals surface area (Å²) in [5, 5.41) is 0. The van der Waals surface area contributed by atoms with E-state index >= 15 is 0 Å². The summed E-state index contributed by atoms with van der Waals surface area (Å²) in [5.41, 5.74) is 5.02. The summed E-state index contributed by atoms with van der Waals surface area (Å²) >= 11 is 0. The predicted molar refractivity (Wildman–Crippen MR) is 58.2 cm³/mol. The second kappa shape index (κ2) is 2.98. The molecule has 2 atom stereocenters. The van der Waals surface area contributed by atoms with Crippen LogP contribution in [0, 0.1) is 5.41 Å². The van der Waals surface area contributed by atoms with E-state index in [0.29, 0.717) is 6.10 Å². The highest BCUT2D eigenvalue weighted by atomic mass is 16.5. The van der Waals surface area contributed by atoms with Gasteiger partial charge in [0, 0.05) is 11.0 Å². The van der Waals surface area contributed by atoms with Gasteiger partial charge in [0.1, 0.15) is 0 Å². The Bertz CT molecular complexity index is 300. The molecule has 0 aliphatic carbocycles. The van der Waals surface area contributed by atoms with Crippen molar-refractivity contribution in [2.75, 3.05) is 0 Å². The van der Waals surface area contributed by atoms with Crippen LogP contribution in [0.3, 0.4) is 0 Å². The maximum atomic E-state index is 6.07. The Kier molecular flexibility index (Phi) is 2.13. The molecule has 0 amide bonds. The second-order valence-electron chi connectivity index (χ2n) is 5.23. The summed E-state index contributed by atoms with van der Waals surface area (Å²) in [5.74, 6) is 0. The topological polar surface area (TPSA) is 9.23 Å². The number of rotatable bonds is 1. The van der Waals surface area contributed by atoms with Gasteiger partial charge in [-0.15, -0.1) is 5.73 Å². The van der Waals surface area contributed by atoms with Crippen LogP contribution in [0.1, 0.15) is 47.0 Å². The molecule has 14 heavy (non-hydrogen) atoms. The summed E-state index contributed by atoms with van der Waals surface area (Å²) in [4.78, 5) is 0. The molecule has 0 aromatic rings. The van der Waals surface area contributed by atoms with Gasteiger partial charge in [-0.2, -0.15) is 0 Å². The zero-order valence-corrected chi connectivity index (χ0v) is 9.68. The van der Waals surface area contributed by atoms with Crippen molar-refractivity contribution in [2.45, 2.75) is 58.7 Å². The van der Waals surface area contributed by atoms with Crippen LogP contribution in [0.5, 0.6) is 0 Å². The molecule has 1 heteroatoms. The van der Waals surface area contributed by atoms with Gasteiger partial charge in [0.05, 0.1) is 11.7 Å². The largest absolute Gasteiger partial charge is 0.366 e. The maximum Gasteiger partial charge on any atom is 0.0948 e. The summed E-state index contributed by atoms with van der Waals surface area (Å²) in [7, 11) is 0. The smallest absolute Gasteiger partial charge is 0.0948 e. The van der Waals surface area contributed by atoms with Gasteiger partial charge in [-0.25, -0.2) is 0 Å². The summed E-state index contributed by atoms with van der Waals surface area (Å²) in [6.45, 7) is 8.94. The maximum absolute atomic E-state index is 6.07. The molecule has 2 bridgehead atoms. The van der Waals surface area contributed by atoms with Gasteiger partial charge in [-0.3, -0.25) is 0 Å². The van der Waals surface area contributed by atoms with E-state index in [1.54, 1.807) is 0 Å². The minimum Gasteiger partial charge on any atom is -0.366 e. The fraction of sp³-hybridized carbons (Fsp3) is 0.769. The molecule has 0 radical (unpaired) electrons. The molecule has 0 spiro atoms. The zero-order chi connectivity index (χ0) is 10.4. The average Bonchev–Trinajstić information content (AvgIpc) is 2.55. The van der Waals surface area contributed by atoms with E-state index in [-0.39, 0.29) is 11.0 Å². The van der Waals surface area contributed by atoms with Crippen molar-refractivity contribution < 1.29 is 4.74 Å². The molecule has 2 rings (SSSR count). The molecule has 78 valence electrons. The Morgan fingerprint density at radius 3 is 2.71 bits per heavy atom. The summed E-state index contributed by atoms with van der Waals surface area (Å²) < 4.78 is 6.07. The van der Waals surface area contributed by atoms with Crippen LogP contribution in [0.25, 0.3) is 0 Å². The monoisotopic (exact) mass is 192 g/mol. The van der Waals surface area contributed by atoms with Crippen molar-refractivity contribution in [3.05, 3.63) is 17.4 Å². The van der Waals surface area contributed by atoms with Crippen molar-refractivity contribution in [3.63, 3.8) is 0 Å². The van der Waals surface area contributed by atoms with Crippen molar-refractivity contribution in [3.8, 4) is 0 Å². The third-order valence-corrected chi connectivity index (χ3v) is 3.71. The third kappa shape index (κ3) is 1.20. The quantitative estimate of drug-likeness (QED) is 0.578. The van der Waals surface area contributed by atoms with Crippen LogP contribution in [-0.4, -0.2) is 11.7 Å². The highest BCUT2D eigenvalue weighted by Gasteiger charge is 2.57. The van der Waals surface area contributed by atoms with Gasteiger partial charge in [0.2, 0.25) is 0 Å². The summed E-state index contributed by atoms with van der Waals surface area (Å²) in [6.07, 6.45) is 5.98. The number of fused-ring (bicyclic) bond motifs is 2. The fourth-order valence-electron chi connectivity index (χ4n) is 2.92. The Morgan fingerprint density at radius 1 is 1.50 bits per heavy atom. The predicted octanol–water partition coefficient (Wildman–Crippen LogP) is 3.46. The molecule has 2 fully saturated rings. The Morgan fingerprint density at radius 2 is 2.21 bits per heavy atom. The molecule has 0 aromatic carbocycles. The molecular weight excluding hydrogens is 172 g/mol. The first-order valence-electron chi connectivity index (χ1n) is 5.64. The van der Waals surface area contributed by atoms with E-state index < -0.39 is 0 Å². The van der Waals surface area contributed by atoms with Crippen LogP contribution in [0.2, 0.25) is 0 Å². The van der Waals surface area contributed by atoms with Crippen LogP contribution < -0.4 is 0 Å². The van der Waals surface area contributed by atoms with E-state index in [9.17, 15) is 0 Å². The van der Waals surface area contributed by atoms with E-state index in [0.717, 1.165) is 6.42 Å². The first-order valence-corrected chi connectivity index (χ1v) is 5.64. The normalized spacial score (nSPS) is 38.6. The molecule has 0 N–H and O–H groups in total. The van der Waals surface area contributed by atoms with Crippen molar-refractivity contribution >= 4 is 0 Å². The van der Waals surface area contributed by atoms with E-state index in [4.69, 9.17) is 4.74 Å². The zero-order valence-electron chi connectivity index (χ0n) is 9.68. The van der Waals surface area contributed by atoms with Crippen LogP contribution in [0.15, 0.2) is 17.4 Å². The van der Waals surface area contributed by atoms with Gasteiger partial charge in [-0.1, -0.05) is 20.8 Å². The van der Waals surface area contributed by atoms with E-state index in [1.165, 1.54) is 18.4 Å². The SMILES string of the molecule is CCC=C=C1C2(C)CCC(O2)C1(C)C. The molecular formula is C13H20O. The molecule has 2 unspecified atom stereocenters. The number of ether oxygens (including phenoxy) is 1. The molecule has 2 heterocycles. The lowest BCUT2D eigenvalue weighted by Gasteiger charge is -2.31. The van der Waals surface area contributed by atoms with Crippen LogP contribution >= 0.6 is 0 Å². The Labute approximate surface area is 86.8 Å². The average molecular weight is 192 g/mol. The highest BCUT2D eigenvalue weighted by Crippen LogP contribution is 2.56. The molecule has 2 aliphatic rings. The minimum atomic E-state index is -0.0141. The Hall–Kier alpha value is -0.520. The van der Waals surface area contributed by atoms with Gasteiger partial charge in [0.15, 0.2) is 0 Å². The van der Waals surface area contributed by atoms with Crippen molar-refractivity contribution in [1.82, 2.24) is 0 Å². The minimum absolute atomic E-state index is 0.0141. The third-order valence-electron chi connectivity index (χ3n) is 3.71. The number of hydrogen-bond donors (Lipinski definition) is 0. The molecule has 0 saturated carbocycles. The fourth-order valence-corrected chi connectivity index (χ4v) is 2.92. The highest BCUT2D eigenvalue weighted by molar-refractivity contribution is 5.32. The molecule has 2 saturated heterocycles. The second-order valence-corrected chi connectivity index (χ2v) is 5.23. The lowest BCUT2D eigenvalue weighted by Crippen LogP contribution is -2.31. The molecule has 2 aliphatic heterocycles. The molecule has 1 nitrogen and oxygen atoms in total. The summed E-state index contributed by atoms with van der Waals surface area (Å²) in [6, 6.07) is 0. The first kappa shape index (κ1) is 10.0. The standard InChI is InChI=1S/C13H20O/c1-5-6-7-10-12(2,3)11-8-9-13(10,4)14-11/h6,11H,5,8-9H2,1-4H3. The van der Waals surface area contributed by atoms with Crippen molar-refractivity contribution in [1.29, 1.82) is 0 Å². The van der Waals surface area contributed by atoms with Crippen LogP contribution in [-0.2, 0) is 4.74 Å². The Balaban J connectivity index is 2.45. The van der Waals surface area contributed by atoms with Crippen molar-refractivity contribution in [2.24, 2.45) is 5.41 Å². The van der Waals surface area contributed by atoms with Gasteiger partial charge < -0.3 is 4.74 Å². The van der Waals surface area contributed by atoms with Crippen LogP contribution in [0.4, 0.5) is 0 Å². The van der Waals surface area contributed by atoms with Gasteiger partial charge in [0.25, 0.3) is 0 Å². The van der Waals surface area contributed by atoms with E-state index in [1.807, 2.05) is 0 Å². The molecule has 0 aromatic heterocycles.